The normalized spacial score (nSPS) is 10.1. The Morgan fingerprint density at radius 3 is 2.10 bits per heavy atom. The van der Waals surface area contributed by atoms with E-state index in [1.807, 2.05) is 13.0 Å². The summed E-state index contributed by atoms with van der Waals surface area (Å²) in [4.78, 5) is 47.3. The highest BCUT2D eigenvalue weighted by Crippen LogP contribution is 2.12. The molecule has 8 nitrogen and oxygen atoms in total. The Kier molecular flexibility index (Phi) is 9.74. The number of benzene rings is 2. The molecule has 0 unspecified atom stereocenters. The van der Waals surface area contributed by atoms with Crippen molar-refractivity contribution in [3.8, 4) is 0 Å². The highest BCUT2D eigenvalue weighted by molar-refractivity contribution is 5.95. The third-order valence-corrected chi connectivity index (χ3v) is 4.11. The van der Waals surface area contributed by atoms with Crippen molar-refractivity contribution in [2.45, 2.75) is 32.6 Å². The van der Waals surface area contributed by atoms with Gasteiger partial charge in [-0.3, -0.25) is 14.4 Å². The number of hydrogen-bond donors (Lipinski definition) is 2. The quantitative estimate of drug-likeness (QED) is 0.420. The molecule has 0 saturated heterocycles. The van der Waals surface area contributed by atoms with Crippen molar-refractivity contribution < 1.29 is 28.7 Å². The van der Waals surface area contributed by atoms with Crippen LogP contribution < -0.4 is 10.6 Å². The maximum absolute atomic E-state index is 12.0. The molecule has 2 aromatic carbocycles. The Bertz CT molecular complexity index is 881. The predicted octanol–water partition coefficient (Wildman–Crippen LogP) is 3.54. The molecule has 2 rings (SSSR count). The van der Waals surface area contributed by atoms with Crippen molar-refractivity contribution in [3.05, 3.63) is 60.2 Å². The number of hydrogen-bond acceptors (Lipinski definition) is 6. The molecule has 2 amide bonds. The van der Waals surface area contributed by atoms with Crippen LogP contribution in [0.15, 0.2) is 54.6 Å². The molecule has 164 valence electrons. The van der Waals surface area contributed by atoms with E-state index in [1.54, 1.807) is 48.5 Å². The van der Waals surface area contributed by atoms with Gasteiger partial charge in [0.2, 0.25) is 5.91 Å². The highest BCUT2D eigenvalue weighted by atomic mass is 16.5. The number of anilines is 2. The Morgan fingerprint density at radius 1 is 0.774 bits per heavy atom. The van der Waals surface area contributed by atoms with Gasteiger partial charge in [-0.05, 0) is 42.8 Å². The number of para-hydroxylation sites is 1. The maximum atomic E-state index is 12.0. The topological polar surface area (TPSA) is 111 Å². The van der Waals surface area contributed by atoms with Gasteiger partial charge in [0, 0.05) is 17.8 Å². The molecule has 0 aliphatic heterocycles. The second kappa shape index (κ2) is 12.8. The largest absolute Gasteiger partial charge is 0.462 e. The molecule has 0 fully saturated rings. The first-order valence-corrected chi connectivity index (χ1v) is 10.1. The highest BCUT2D eigenvalue weighted by Gasteiger charge is 2.12. The second-order valence-electron chi connectivity index (χ2n) is 6.69. The van der Waals surface area contributed by atoms with E-state index >= 15 is 0 Å². The van der Waals surface area contributed by atoms with E-state index in [-0.39, 0.29) is 18.7 Å². The van der Waals surface area contributed by atoms with E-state index in [9.17, 15) is 19.2 Å². The summed E-state index contributed by atoms with van der Waals surface area (Å²) in [6.07, 6.45) is 1.49. The van der Waals surface area contributed by atoms with Gasteiger partial charge in [-0.1, -0.05) is 31.5 Å². The van der Waals surface area contributed by atoms with Gasteiger partial charge in [0.25, 0.3) is 5.91 Å². The molecule has 0 bridgehead atoms. The summed E-state index contributed by atoms with van der Waals surface area (Å²) in [7, 11) is 0. The molecular weight excluding hydrogens is 400 g/mol. The number of unbranched alkanes of at least 4 members (excludes halogenated alkanes) is 1. The fourth-order valence-electron chi connectivity index (χ4n) is 2.46. The fourth-order valence-corrected chi connectivity index (χ4v) is 2.46. The van der Waals surface area contributed by atoms with Crippen LogP contribution in [0.5, 0.6) is 0 Å². The molecular formula is C23H26N2O6. The molecule has 0 saturated carbocycles. The zero-order chi connectivity index (χ0) is 22.5. The third-order valence-electron chi connectivity index (χ3n) is 4.11. The first-order chi connectivity index (χ1) is 15.0. The zero-order valence-electron chi connectivity index (χ0n) is 17.4. The van der Waals surface area contributed by atoms with Crippen LogP contribution >= 0.6 is 0 Å². The lowest BCUT2D eigenvalue weighted by molar-refractivity contribution is -0.147. The van der Waals surface area contributed by atoms with Gasteiger partial charge in [0.05, 0.1) is 18.6 Å². The lowest BCUT2D eigenvalue weighted by Crippen LogP contribution is -2.21. The average molecular weight is 426 g/mol. The summed E-state index contributed by atoms with van der Waals surface area (Å²) in [5, 5.41) is 5.23. The average Bonchev–Trinajstić information content (AvgIpc) is 2.77. The van der Waals surface area contributed by atoms with Crippen LogP contribution in [-0.4, -0.2) is 37.0 Å². The molecule has 0 atom stereocenters. The molecule has 0 radical (unpaired) electrons. The lowest BCUT2D eigenvalue weighted by Gasteiger charge is -2.08. The van der Waals surface area contributed by atoms with Crippen molar-refractivity contribution in [1.29, 1.82) is 0 Å². The van der Waals surface area contributed by atoms with E-state index in [4.69, 9.17) is 9.47 Å². The molecule has 0 aliphatic carbocycles. The monoisotopic (exact) mass is 426 g/mol. The Morgan fingerprint density at radius 2 is 1.42 bits per heavy atom. The molecule has 8 heteroatoms. The van der Waals surface area contributed by atoms with Crippen molar-refractivity contribution in [1.82, 2.24) is 0 Å². The molecule has 31 heavy (non-hydrogen) atoms. The second-order valence-corrected chi connectivity index (χ2v) is 6.69. The van der Waals surface area contributed by atoms with Crippen LogP contribution in [0.3, 0.4) is 0 Å². The maximum Gasteiger partial charge on any atom is 0.338 e. The summed E-state index contributed by atoms with van der Waals surface area (Å²) in [5.74, 6) is -1.91. The standard InChI is InChI=1S/C23H26N2O6/c1-2-3-15-30-23(29)17-9-11-19(12-10-17)24-20(26)13-14-22(28)31-16-21(27)25-18-7-5-4-6-8-18/h4-12H,2-3,13-16H2,1H3,(H,24,26)(H,25,27). The number of amides is 2. The van der Waals surface area contributed by atoms with Crippen LogP contribution in [-0.2, 0) is 23.9 Å². The van der Waals surface area contributed by atoms with E-state index < -0.39 is 24.5 Å². The minimum absolute atomic E-state index is 0.0973. The van der Waals surface area contributed by atoms with Crippen LogP contribution in [0.2, 0.25) is 0 Å². The lowest BCUT2D eigenvalue weighted by atomic mass is 10.2. The minimum atomic E-state index is -0.650. The molecule has 2 N–H and O–H groups in total. The predicted molar refractivity (Wildman–Crippen MR) is 116 cm³/mol. The van der Waals surface area contributed by atoms with Gasteiger partial charge in [-0.15, -0.1) is 0 Å². The third kappa shape index (κ3) is 9.12. The molecule has 0 heterocycles. The Labute approximate surface area is 180 Å². The number of carbonyl (C=O) groups excluding carboxylic acids is 4. The summed E-state index contributed by atoms with van der Waals surface area (Å²) in [6.45, 7) is 1.96. The summed E-state index contributed by atoms with van der Waals surface area (Å²) < 4.78 is 10.00. The van der Waals surface area contributed by atoms with E-state index in [0.717, 1.165) is 12.8 Å². The van der Waals surface area contributed by atoms with Gasteiger partial charge < -0.3 is 20.1 Å². The van der Waals surface area contributed by atoms with Gasteiger partial charge in [-0.2, -0.15) is 0 Å². The van der Waals surface area contributed by atoms with Crippen LogP contribution in [0.1, 0.15) is 43.0 Å². The molecule has 0 aliphatic rings. The number of carbonyl (C=O) groups is 4. The van der Waals surface area contributed by atoms with Crippen molar-refractivity contribution in [2.24, 2.45) is 0 Å². The Hall–Kier alpha value is -3.68. The SMILES string of the molecule is CCCCOC(=O)c1ccc(NC(=O)CCC(=O)OCC(=O)Nc2ccccc2)cc1. The first-order valence-electron chi connectivity index (χ1n) is 10.1. The fraction of sp³-hybridized carbons (Fsp3) is 0.304. The smallest absolute Gasteiger partial charge is 0.338 e. The van der Waals surface area contributed by atoms with Crippen molar-refractivity contribution in [2.75, 3.05) is 23.8 Å². The molecule has 0 spiro atoms. The minimum Gasteiger partial charge on any atom is -0.462 e. The van der Waals surface area contributed by atoms with E-state index in [2.05, 4.69) is 10.6 Å². The van der Waals surface area contributed by atoms with Gasteiger partial charge in [-0.25, -0.2) is 4.79 Å². The number of ether oxygens (including phenoxy) is 2. The summed E-state index contributed by atoms with van der Waals surface area (Å²) in [5.41, 5.74) is 1.49. The summed E-state index contributed by atoms with van der Waals surface area (Å²) in [6, 6.07) is 15.1. The van der Waals surface area contributed by atoms with Gasteiger partial charge >= 0.3 is 11.9 Å². The number of esters is 2. The molecule has 2 aromatic rings. The first kappa shape index (κ1) is 23.6. The van der Waals surface area contributed by atoms with Crippen LogP contribution in [0, 0.1) is 0 Å². The number of rotatable bonds is 11. The Balaban J connectivity index is 1.67. The van der Waals surface area contributed by atoms with Crippen LogP contribution in [0.25, 0.3) is 0 Å². The molecule has 0 aromatic heterocycles. The zero-order valence-corrected chi connectivity index (χ0v) is 17.4. The summed E-state index contributed by atoms with van der Waals surface area (Å²) >= 11 is 0. The van der Waals surface area contributed by atoms with Crippen molar-refractivity contribution in [3.63, 3.8) is 0 Å². The van der Waals surface area contributed by atoms with E-state index in [1.165, 1.54) is 0 Å². The van der Waals surface area contributed by atoms with Crippen molar-refractivity contribution >= 4 is 35.1 Å². The van der Waals surface area contributed by atoms with Gasteiger partial charge in [0.15, 0.2) is 6.61 Å². The van der Waals surface area contributed by atoms with E-state index in [0.29, 0.717) is 23.5 Å². The van der Waals surface area contributed by atoms with Gasteiger partial charge in [0.1, 0.15) is 0 Å². The number of nitrogens with one attached hydrogen (secondary N) is 2. The van der Waals surface area contributed by atoms with Crippen LogP contribution in [0.4, 0.5) is 11.4 Å².